The topological polar surface area (TPSA) is 86.7 Å². The normalized spacial score (nSPS) is 26.4. The number of rotatable bonds is 4. The van der Waals surface area contributed by atoms with Crippen molar-refractivity contribution in [1.29, 1.82) is 0 Å². The zero-order valence-electron chi connectivity index (χ0n) is 12.2. The van der Waals surface area contributed by atoms with E-state index in [2.05, 4.69) is 5.32 Å². The molecule has 1 fully saturated rings. The third-order valence-corrected chi connectivity index (χ3v) is 4.23. The summed E-state index contributed by atoms with van der Waals surface area (Å²) in [5, 5.41) is 11.9. The van der Waals surface area contributed by atoms with Gasteiger partial charge in [-0.15, -0.1) is 0 Å². The fourth-order valence-electron chi connectivity index (χ4n) is 2.97. The van der Waals surface area contributed by atoms with Crippen LogP contribution >= 0.6 is 0 Å². The van der Waals surface area contributed by atoms with Gasteiger partial charge in [-0.3, -0.25) is 14.4 Å². The molecular formula is C15H22N2O4. The van der Waals surface area contributed by atoms with Crippen LogP contribution in [0, 0.1) is 11.8 Å². The minimum absolute atomic E-state index is 0.0842. The highest BCUT2D eigenvalue weighted by atomic mass is 16.4. The van der Waals surface area contributed by atoms with Gasteiger partial charge >= 0.3 is 5.97 Å². The van der Waals surface area contributed by atoms with Crippen LogP contribution in [0.5, 0.6) is 0 Å². The molecule has 0 spiro atoms. The van der Waals surface area contributed by atoms with E-state index in [0.717, 1.165) is 25.9 Å². The Hall–Kier alpha value is -1.85. The summed E-state index contributed by atoms with van der Waals surface area (Å²) < 4.78 is 0. The summed E-state index contributed by atoms with van der Waals surface area (Å²) in [4.78, 5) is 37.4. The van der Waals surface area contributed by atoms with Crippen LogP contribution in [-0.4, -0.2) is 46.9 Å². The third kappa shape index (κ3) is 3.62. The van der Waals surface area contributed by atoms with Crippen LogP contribution < -0.4 is 5.32 Å². The van der Waals surface area contributed by atoms with Crippen LogP contribution in [0.15, 0.2) is 12.2 Å². The second kappa shape index (κ2) is 6.74. The maximum absolute atomic E-state index is 12.3. The number of carbonyl (C=O) groups excluding carboxylic acids is 2. The molecule has 1 aliphatic carbocycles. The molecule has 1 saturated heterocycles. The summed E-state index contributed by atoms with van der Waals surface area (Å²) in [6, 6.07) is -0.601. The maximum Gasteiger partial charge on any atom is 0.307 e. The molecule has 1 heterocycles. The van der Waals surface area contributed by atoms with E-state index in [-0.39, 0.29) is 11.8 Å². The summed E-state index contributed by atoms with van der Waals surface area (Å²) in [6.07, 6.45) is 6.40. The van der Waals surface area contributed by atoms with Crippen molar-refractivity contribution < 1.29 is 19.5 Å². The van der Waals surface area contributed by atoms with Gasteiger partial charge < -0.3 is 15.3 Å². The summed E-state index contributed by atoms with van der Waals surface area (Å²) >= 11 is 0. The Kier molecular flexibility index (Phi) is 4.98. The first kappa shape index (κ1) is 15.5. The first-order valence-electron chi connectivity index (χ1n) is 7.47. The molecule has 0 bridgehead atoms. The minimum atomic E-state index is -0.960. The number of likely N-dealkylation sites (tertiary alicyclic amines) is 1. The number of nitrogens with one attached hydrogen (secondary N) is 1. The molecule has 0 aromatic rings. The standard InChI is InChI=1S/C15H22N2O4/c1-10(14(19)17-8-4-5-9-17)16-13(18)11-6-2-3-7-12(11)15(20)21/h2-3,10-12H,4-9H2,1H3,(H,16,18)(H,20,21). The van der Waals surface area contributed by atoms with Gasteiger partial charge in [-0.25, -0.2) is 0 Å². The summed E-state index contributed by atoms with van der Waals surface area (Å²) in [6.45, 7) is 3.14. The van der Waals surface area contributed by atoms with Crippen molar-refractivity contribution in [1.82, 2.24) is 10.2 Å². The van der Waals surface area contributed by atoms with Crippen LogP contribution in [0.2, 0.25) is 0 Å². The van der Waals surface area contributed by atoms with E-state index in [0.29, 0.717) is 12.8 Å². The predicted molar refractivity (Wildman–Crippen MR) is 76.4 cm³/mol. The molecule has 0 radical (unpaired) electrons. The zero-order valence-corrected chi connectivity index (χ0v) is 12.2. The van der Waals surface area contributed by atoms with Crippen LogP contribution in [0.25, 0.3) is 0 Å². The lowest BCUT2D eigenvalue weighted by atomic mass is 9.82. The van der Waals surface area contributed by atoms with Crippen LogP contribution in [0.3, 0.4) is 0 Å². The molecule has 6 nitrogen and oxygen atoms in total. The number of hydrogen-bond donors (Lipinski definition) is 2. The van der Waals surface area contributed by atoms with Crippen LogP contribution in [0.1, 0.15) is 32.6 Å². The predicted octanol–water partition coefficient (Wildman–Crippen LogP) is 0.781. The molecule has 0 saturated carbocycles. The molecule has 0 aromatic heterocycles. The summed E-state index contributed by atoms with van der Waals surface area (Å²) in [5.74, 6) is -2.69. The number of nitrogens with zero attached hydrogens (tertiary/aromatic N) is 1. The number of allylic oxidation sites excluding steroid dienone is 2. The monoisotopic (exact) mass is 294 g/mol. The Morgan fingerprint density at radius 3 is 2.29 bits per heavy atom. The largest absolute Gasteiger partial charge is 0.481 e. The number of hydrogen-bond acceptors (Lipinski definition) is 3. The number of amides is 2. The smallest absolute Gasteiger partial charge is 0.307 e. The molecule has 2 N–H and O–H groups in total. The summed E-state index contributed by atoms with van der Waals surface area (Å²) in [5.41, 5.74) is 0. The van der Waals surface area contributed by atoms with Crippen LogP contribution in [0.4, 0.5) is 0 Å². The van der Waals surface area contributed by atoms with E-state index in [1.54, 1.807) is 17.9 Å². The molecule has 3 atom stereocenters. The first-order chi connectivity index (χ1) is 10.0. The molecule has 6 heteroatoms. The first-order valence-corrected chi connectivity index (χ1v) is 7.47. The van der Waals surface area contributed by atoms with E-state index >= 15 is 0 Å². The fraction of sp³-hybridized carbons (Fsp3) is 0.667. The van der Waals surface area contributed by atoms with Crippen molar-refractivity contribution in [2.45, 2.75) is 38.6 Å². The van der Waals surface area contributed by atoms with Gasteiger partial charge in [0, 0.05) is 13.1 Å². The lowest BCUT2D eigenvalue weighted by Crippen LogP contribution is -2.49. The Labute approximate surface area is 124 Å². The van der Waals surface area contributed by atoms with E-state index in [1.807, 2.05) is 6.08 Å². The SMILES string of the molecule is CC(NC(=O)C1CC=CCC1C(=O)O)C(=O)N1CCCC1. The molecule has 2 aliphatic rings. The van der Waals surface area contributed by atoms with Crippen molar-refractivity contribution in [3.8, 4) is 0 Å². The lowest BCUT2D eigenvalue weighted by Gasteiger charge is -2.27. The average Bonchev–Trinajstić information content (AvgIpc) is 3.00. The van der Waals surface area contributed by atoms with Crippen molar-refractivity contribution in [2.24, 2.45) is 11.8 Å². The molecule has 3 unspecified atom stereocenters. The highest BCUT2D eigenvalue weighted by Gasteiger charge is 2.35. The second-order valence-electron chi connectivity index (χ2n) is 5.76. The van der Waals surface area contributed by atoms with Gasteiger partial charge in [0.05, 0.1) is 11.8 Å². The van der Waals surface area contributed by atoms with Crippen LogP contribution in [-0.2, 0) is 14.4 Å². The van der Waals surface area contributed by atoms with E-state index in [9.17, 15) is 19.5 Å². The molecule has 2 rings (SSSR count). The Morgan fingerprint density at radius 1 is 1.14 bits per heavy atom. The fourth-order valence-corrected chi connectivity index (χ4v) is 2.97. The number of carboxylic acids is 1. The Bertz CT molecular complexity index is 455. The summed E-state index contributed by atoms with van der Waals surface area (Å²) in [7, 11) is 0. The van der Waals surface area contributed by atoms with E-state index in [1.165, 1.54) is 0 Å². The number of carbonyl (C=O) groups is 3. The van der Waals surface area contributed by atoms with Gasteiger partial charge in [-0.1, -0.05) is 12.2 Å². The Morgan fingerprint density at radius 2 is 1.71 bits per heavy atom. The molecule has 1 aliphatic heterocycles. The van der Waals surface area contributed by atoms with Gasteiger partial charge in [-0.05, 0) is 32.6 Å². The van der Waals surface area contributed by atoms with E-state index in [4.69, 9.17) is 0 Å². The average molecular weight is 294 g/mol. The van der Waals surface area contributed by atoms with E-state index < -0.39 is 23.8 Å². The number of carboxylic acid groups (broad SMARTS) is 1. The molecule has 2 amide bonds. The molecular weight excluding hydrogens is 272 g/mol. The third-order valence-electron chi connectivity index (χ3n) is 4.23. The maximum atomic E-state index is 12.3. The van der Waals surface area contributed by atoms with Crippen molar-refractivity contribution in [3.05, 3.63) is 12.2 Å². The molecule has 116 valence electrons. The van der Waals surface area contributed by atoms with Gasteiger partial charge in [0.1, 0.15) is 6.04 Å². The highest BCUT2D eigenvalue weighted by molar-refractivity contribution is 5.90. The highest BCUT2D eigenvalue weighted by Crippen LogP contribution is 2.26. The Balaban J connectivity index is 1.94. The van der Waals surface area contributed by atoms with Crippen molar-refractivity contribution >= 4 is 17.8 Å². The quantitative estimate of drug-likeness (QED) is 0.750. The van der Waals surface area contributed by atoms with Gasteiger partial charge in [-0.2, -0.15) is 0 Å². The zero-order chi connectivity index (χ0) is 15.4. The second-order valence-corrected chi connectivity index (χ2v) is 5.76. The van der Waals surface area contributed by atoms with Crippen molar-refractivity contribution in [3.63, 3.8) is 0 Å². The van der Waals surface area contributed by atoms with Crippen molar-refractivity contribution in [2.75, 3.05) is 13.1 Å². The molecule has 21 heavy (non-hydrogen) atoms. The molecule has 0 aromatic carbocycles. The number of aliphatic carboxylic acids is 1. The van der Waals surface area contributed by atoms with Gasteiger partial charge in [0.2, 0.25) is 11.8 Å². The lowest BCUT2D eigenvalue weighted by molar-refractivity contribution is -0.147. The van der Waals surface area contributed by atoms with Gasteiger partial charge in [0.15, 0.2) is 0 Å². The minimum Gasteiger partial charge on any atom is -0.481 e. The van der Waals surface area contributed by atoms with Gasteiger partial charge in [0.25, 0.3) is 0 Å².